The van der Waals surface area contributed by atoms with Crippen molar-refractivity contribution in [1.29, 1.82) is 5.26 Å². The van der Waals surface area contributed by atoms with E-state index in [1.165, 1.54) is 18.2 Å². The number of carbonyl (C=O) groups is 3. The maximum Gasteiger partial charge on any atom is 0.328 e. The summed E-state index contributed by atoms with van der Waals surface area (Å²) in [6.45, 7) is 2.99. The van der Waals surface area contributed by atoms with Crippen LogP contribution >= 0.6 is 0 Å². The van der Waals surface area contributed by atoms with Crippen LogP contribution in [0.4, 0.5) is 22.1 Å². The minimum absolute atomic E-state index is 0.0960. The van der Waals surface area contributed by atoms with Gasteiger partial charge in [-0.3, -0.25) is 19.8 Å². The SMILES string of the molecule is COC1CCN(Cc2cc3c(nc2C=O)N(C(=O)Nc2cc(N4CCCC4)c(C#N)cn2)CCC3)C1=O. The highest BCUT2D eigenvalue weighted by atomic mass is 16.5. The minimum atomic E-state index is -0.453. The molecular formula is C26H29N7O4. The molecule has 3 amide bonds. The van der Waals surface area contributed by atoms with E-state index >= 15 is 0 Å². The third kappa shape index (κ3) is 4.84. The normalized spacial score (nSPS) is 19.1. The van der Waals surface area contributed by atoms with Gasteiger partial charge >= 0.3 is 6.03 Å². The molecule has 3 aliphatic rings. The Morgan fingerprint density at radius 1 is 1.24 bits per heavy atom. The van der Waals surface area contributed by atoms with Crippen LogP contribution in [0.2, 0.25) is 0 Å². The Labute approximate surface area is 215 Å². The zero-order valence-corrected chi connectivity index (χ0v) is 20.8. The van der Waals surface area contributed by atoms with Gasteiger partial charge in [0.15, 0.2) is 6.29 Å². The van der Waals surface area contributed by atoms with Crippen molar-refractivity contribution in [3.63, 3.8) is 0 Å². The largest absolute Gasteiger partial charge is 0.372 e. The highest BCUT2D eigenvalue weighted by Gasteiger charge is 2.33. The average molecular weight is 504 g/mol. The molecule has 11 nitrogen and oxygen atoms in total. The van der Waals surface area contributed by atoms with Crippen LogP contribution in [-0.4, -0.2) is 72.5 Å². The number of rotatable bonds is 6. The van der Waals surface area contributed by atoms with Crippen molar-refractivity contribution >= 4 is 35.5 Å². The molecule has 2 aromatic heterocycles. The zero-order chi connectivity index (χ0) is 25.9. The van der Waals surface area contributed by atoms with Gasteiger partial charge in [-0.05, 0) is 37.3 Å². The molecular weight excluding hydrogens is 474 g/mol. The lowest BCUT2D eigenvalue weighted by Gasteiger charge is -2.29. The maximum atomic E-state index is 13.3. The lowest BCUT2D eigenvalue weighted by molar-refractivity contribution is -0.136. The molecule has 3 aliphatic heterocycles. The van der Waals surface area contributed by atoms with Gasteiger partial charge in [-0.2, -0.15) is 5.26 Å². The summed E-state index contributed by atoms with van der Waals surface area (Å²) in [5, 5.41) is 12.3. The molecule has 0 spiro atoms. The molecule has 1 atom stereocenters. The van der Waals surface area contributed by atoms with E-state index in [9.17, 15) is 19.6 Å². The fourth-order valence-corrected chi connectivity index (χ4v) is 5.27. The number of ether oxygens (including phenoxy) is 1. The maximum absolute atomic E-state index is 13.3. The molecule has 2 saturated heterocycles. The fourth-order valence-electron chi connectivity index (χ4n) is 5.27. The summed E-state index contributed by atoms with van der Waals surface area (Å²) in [5.74, 6) is 0.692. The number of hydrogen-bond donors (Lipinski definition) is 1. The lowest BCUT2D eigenvalue weighted by atomic mass is 10.0. The number of amides is 3. The van der Waals surface area contributed by atoms with Gasteiger partial charge in [0.25, 0.3) is 5.91 Å². The molecule has 2 fully saturated rings. The van der Waals surface area contributed by atoms with E-state index < -0.39 is 12.1 Å². The first-order valence-corrected chi connectivity index (χ1v) is 12.6. The molecule has 37 heavy (non-hydrogen) atoms. The van der Waals surface area contributed by atoms with E-state index in [0.29, 0.717) is 55.0 Å². The number of hydrogen-bond acceptors (Lipinski definition) is 8. The van der Waals surface area contributed by atoms with Crippen LogP contribution in [0.3, 0.4) is 0 Å². The lowest BCUT2D eigenvalue weighted by Crippen LogP contribution is -2.40. The Kier molecular flexibility index (Phi) is 7.01. The van der Waals surface area contributed by atoms with Gasteiger partial charge in [-0.1, -0.05) is 0 Å². The van der Waals surface area contributed by atoms with Crippen molar-refractivity contribution in [3.8, 4) is 6.07 Å². The molecule has 0 bridgehead atoms. The van der Waals surface area contributed by atoms with Crippen molar-refractivity contribution in [3.05, 3.63) is 40.7 Å². The summed E-state index contributed by atoms with van der Waals surface area (Å²) >= 11 is 0. The van der Waals surface area contributed by atoms with Crippen molar-refractivity contribution in [1.82, 2.24) is 14.9 Å². The first kappa shape index (κ1) is 24.6. The smallest absolute Gasteiger partial charge is 0.328 e. The number of likely N-dealkylation sites (tertiary alicyclic amines) is 1. The molecule has 0 radical (unpaired) electrons. The number of pyridine rings is 2. The number of nitrogens with zero attached hydrogens (tertiary/aromatic N) is 6. The summed E-state index contributed by atoms with van der Waals surface area (Å²) in [7, 11) is 1.52. The Morgan fingerprint density at radius 2 is 2.05 bits per heavy atom. The topological polar surface area (TPSA) is 132 Å². The molecule has 1 N–H and O–H groups in total. The number of aromatic nitrogens is 2. The molecule has 1 unspecified atom stereocenters. The van der Waals surface area contributed by atoms with Crippen LogP contribution < -0.4 is 15.1 Å². The first-order chi connectivity index (χ1) is 18.0. The van der Waals surface area contributed by atoms with Gasteiger partial charge < -0.3 is 14.5 Å². The van der Waals surface area contributed by atoms with Gasteiger partial charge in [-0.25, -0.2) is 14.8 Å². The molecule has 11 heteroatoms. The van der Waals surface area contributed by atoms with E-state index in [1.807, 2.05) is 6.07 Å². The van der Waals surface area contributed by atoms with Gasteiger partial charge in [0.05, 0.1) is 11.3 Å². The number of nitrogens with one attached hydrogen (secondary N) is 1. The second kappa shape index (κ2) is 10.5. The van der Waals surface area contributed by atoms with Gasteiger partial charge in [0, 0.05) is 64.1 Å². The molecule has 0 aliphatic carbocycles. The summed E-state index contributed by atoms with van der Waals surface area (Å²) in [6, 6.07) is 5.39. The second-order valence-corrected chi connectivity index (χ2v) is 9.48. The minimum Gasteiger partial charge on any atom is -0.372 e. The van der Waals surface area contributed by atoms with Crippen LogP contribution in [0, 0.1) is 11.3 Å². The highest BCUT2D eigenvalue weighted by Crippen LogP contribution is 2.30. The molecule has 5 heterocycles. The number of methoxy groups -OCH3 is 1. The Balaban J connectivity index is 1.37. The van der Waals surface area contributed by atoms with Crippen LogP contribution in [0.25, 0.3) is 0 Å². The molecule has 0 aromatic carbocycles. The Morgan fingerprint density at radius 3 is 2.76 bits per heavy atom. The quantitative estimate of drug-likeness (QED) is 0.595. The van der Waals surface area contributed by atoms with Gasteiger partial charge in [0.2, 0.25) is 0 Å². The number of nitriles is 1. The number of aldehydes is 1. The van der Waals surface area contributed by atoms with Gasteiger partial charge in [-0.15, -0.1) is 0 Å². The van der Waals surface area contributed by atoms with Crippen LogP contribution in [0.15, 0.2) is 18.3 Å². The third-order valence-corrected chi connectivity index (χ3v) is 7.21. The summed E-state index contributed by atoms with van der Waals surface area (Å²) in [4.78, 5) is 51.9. The monoisotopic (exact) mass is 503 g/mol. The number of anilines is 3. The van der Waals surface area contributed by atoms with Crippen molar-refractivity contribution < 1.29 is 19.1 Å². The predicted octanol–water partition coefficient (Wildman–Crippen LogP) is 2.49. The summed E-state index contributed by atoms with van der Waals surface area (Å²) < 4.78 is 5.23. The molecule has 0 saturated carbocycles. The highest BCUT2D eigenvalue weighted by molar-refractivity contribution is 6.02. The van der Waals surface area contributed by atoms with Crippen molar-refractivity contribution in [2.24, 2.45) is 0 Å². The summed E-state index contributed by atoms with van der Waals surface area (Å²) in [5.41, 5.74) is 2.96. The van der Waals surface area contributed by atoms with E-state index in [4.69, 9.17) is 4.74 Å². The number of urea groups is 1. The molecule has 2 aromatic rings. The second-order valence-electron chi connectivity index (χ2n) is 9.48. The number of aryl methyl sites for hydroxylation is 1. The Hall–Kier alpha value is -4.04. The average Bonchev–Trinajstić information content (AvgIpc) is 3.58. The van der Waals surface area contributed by atoms with E-state index in [0.717, 1.165) is 43.6 Å². The van der Waals surface area contributed by atoms with Crippen molar-refractivity contribution in [2.45, 2.75) is 44.8 Å². The van der Waals surface area contributed by atoms with Crippen LogP contribution in [0.5, 0.6) is 0 Å². The standard InChI is InChI=1S/C26H29N7O4/c1-37-22-6-10-32(25(22)35)15-18-11-17-5-4-9-33(24(17)29-20(18)16-34)26(36)30-23-12-21(19(13-27)14-28-23)31-7-2-3-8-31/h11-12,14,16,22H,2-10,15H2,1H3,(H,28,30,36). The number of fused-ring (bicyclic) bond motifs is 1. The molecule has 5 rings (SSSR count). The number of carbonyl (C=O) groups excluding carboxylic acids is 3. The third-order valence-electron chi connectivity index (χ3n) is 7.21. The fraction of sp³-hybridized carbons (Fsp3) is 0.462. The molecule has 192 valence electrons. The zero-order valence-electron chi connectivity index (χ0n) is 20.8. The van der Waals surface area contributed by atoms with Gasteiger partial charge in [0.1, 0.15) is 29.5 Å². The predicted molar refractivity (Wildman–Crippen MR) is 136 cm³/mol. The van der Waals surface area contributed by atoms with Crippen molar-refractivity contribution in [2.75, 3.05) is 48.4 Å². The van der Waals surface area contributed by atoms with E-state index in [-0.39, 0.29) is 18.1 Å². The Bertz CT molecular complexity index is 1270. The van der Waals surface area contributed by atoms with Crippen LogP contribution in [-0.2, 0) is 22.5 Å². The van der Waals surface area contributed by atoms with E-state index in [2.05, 4.69) is 26.3 Å². The van der Waals surface area contributed by atoms with E-state index in [1.54, 1.807) is 11.0 Å². The van der Waals surface area contributed by atoms with Crippen LogP contribution in [0.1, 0.15) is 52.9 Å². The first-order valence-electron chi connectivity index (χ1n) is 12.6. The summed E-state index contributed by atoms with van der Waals surface area (Å²) in [6.07, 6.45) is 5.87.